The van der Waals surface area contributed by atoms with Crippen molar-refractivity contribution in [2.45, 2.75) is 25.9 Å². The molecule has 2 aromatic carbocycles. The van der Waals surface area contributed by atoms with Crippen molar-refractivity contribution < 1.29 is 14.2 Å². The minimum Gasteiger partial charge on any atom is -0.457 e. The summed E-state index contributed by atoms with van der Waals surface area (Å²) in [5.74, 6) is 0.736. The molecule has 1 aliphatic carbocycles. The van der Waals surface area contributed by atoms with Gasteiger partial charge in [-0.05, 0) is 60.2 Å². The highest BCUT2D eigenvalue weighted by atomic mass is 19.1. The van der Waals surface area contributed by atoms with Crippen LogP contribution in [0.25, 0.3) is 0 Å². The molecule has 0 unspecified atom stereocenters. The summed E-state index contributed by atoms with van der Waals surface area (Å²) in [6.45, 7) is -0.196. The predicted octanol–water partition coefficient (Wildman–Crippen LogP) is 3.60. The van der Waals surface area contributed by atoms with Crippen LogP contribution in [0.1, 0.15) is 23.1 Å². The second kappa shape index (κ2) is 5.02. The lowest BCUT2D eigenvalue weighted by atomic mass is 10.1. The first-order chi connectivity index (χ1) is 9.24. The van der Waals surface area contributed by atoms with Crippen molar-refractivity contribution in [3.63, 3.8) is 0 Å². The van der Waals surface area contributed by atoms with Crippen LogP contribution in [0.5, 0.6) is 11.5 Å². The van der Waals surface area contributed by atoms with Crippen LogP contribution in [0.2, 0.25) is 0 Å². The van der Waals surface area contributed by atoms with Crippen LogP contribution < -0.4 is 4.74 Å². The summed E-state index contributed by atoms with van der Waals surface area (Å²) in [7, 11) is 0. The summed E-state index contributed by atoms with van der Waals surface area (Å²) >= 11 is 0. The van der Waals surface area contributed by atoms with Gasteiger partial charge in [0.2, 0.25) is 0 Å². The molecule has 0 amide bonds. The highest BCUT2D eigenvalue weighted by Crippen LogP contribution is 2.29. The molecule has 0 saturated heterocycles. The molecule has 0 saturated carbocycles. The highest BCUT2D eigenvalue weighted by Gasteiger charge is 2.11. The minimum absolute atomic E-state index is 0.196. The molecule has 0 bridgehead atoms. The van der Waals surface area contributed by atoms with Crippen molar-refractivity contribution in [2.75, 3.05) is 0 Å². The number of fused-ring (bicyclic) bond motifs is 1. The van der Waals surface area contributed by atoms with Crippen LogP contribution in [-0.4, -0.2) is 5.11 Å². The van der Waals surface area contributed by atoms with E-state index < -0.39 is 5.82 Å². The van der Waals surface area contributed by atoms with E-state index in [1.54, 1.807) is 6.07 Å². The van der Waals surface area contributed by atoms with Crippen LogP contribution in [0, 0.1) is 5.82 Å². The predicted molar refractivity (Wildman–Crippen MR) is 70.9 cm³/mol. The summed E-state index contributed by atoms with van der Waals surface area (Å²) < 4.78 is 19.0. The molecule has 3 heteroatoms. The number of ether oxygens (including phenoxy) is 1. The fourth-order valence-electron chi connectivity index (χ4n) is 2.52. The summed E-state index contributed by atoms with van der Waals surface area (Å²) in [6.07, 6.45) is 3.40. The maximum absolute atomic E-state index is 13.3. The normalized spacial score (nSPS) is 13.4. The van der Waals surface area contributed by atoms with E-state index in [1.165, 1.54) is 29.7 Å². The Hall–Kier alpha value is -1.87. The third-order valence-electron chi connectivity index (χ3n) is 3.42. The molecule has 1 aliphatic rings. The summed E-state index contributed by atoms with van der Waals surface area (Å²) in [5.41, 5.74) is 3.20. The van der Waals surface area contributed by atoms with Gasteiger partial charge in [-0.2, -0.15) is 0 Å². The van der Waals surface area contributed by atoms with Crippen molar-refractivity contribution >= 4 is 0 Å². The molecule has 0 aliphatic heterocycles. The Kier molecular flexibility index (Phi) is 3.22. The quantitative estimate of drug-likeness (QED) is 0.911. The molecule has 2 aromatic rings. The van der Waals surface area contributed by atoms with Crippen LogP contribution in [0.4, 0.5) is 4.39 Å². The van der Waals surface area contributed by atoms with Gasteiger partial charge in [0.25, 0.3) is 0 Å². The molecule has 0 heterocycles. The van der Waals surface area contributed by atoms with Gasteiger partial charge < -0.3 is 9.84 Å². The first kappa shape index (κ1) is 12.2. The molecule has 19 heavy (non-hydrogen) atoms. The van der Waals surface area contributed by atoms with Gasteiger partial charge in [0.15, 0.2) is 0 Å². The number of hydrogen-bond donors (Lipinski definition) is 1. The van der Waals surface area contributed by atoms with Crippen molar-refractivity contribution in [1.82, 2.24) is 0 Å². The van der Waals surface area contributed by atoms with E-state index in [0.717, 1.165) is 18.6 Å². The maximum Gasteiger partial charge on any atom is 0.130 e. The van der Waals surface area contributed by atoms with Crippen molar-refractivity contribution in [1.29, 1.82) is 0 Å². The van der Waals surface area contributed by atoms with Crippen molar-refractivity contribution in [3.8, 4) is 11.5 Å². The lowest BCUT2D eigenvalue weighted by Gasteiger charge is -2.09. The smallest absolute Gasteiger partial charge is 0.130 e. The Morgan fingerprint density at radius 3 is 2.68 bits per heavy atom. The average molecular weight is 258 g/mol. The summed E-state index contributed by atoms with van der Waals surface area (Å²) in [4.78, 5) is 0. The topological polar surface area (TPSA) is 29.5 Å². The molecule has 0 atom stereocenters. The van der Waals surface area contributed by atoms with Gasteiger partial charge in [-0.15, -0.1) is 0 Å². The molecule has 3 rings (SSSR count). The fourth-order valence-corrected chi connectivity index (χ4v) is 2.52. The number of aliphatic hydroxyl groups is 1. The monoisotopic (exact) mass is 258 g/mol. The first-order valence-corrected chi connectivity index (χ1v) is 6.44. The third kappa shape index (κ3) is 2.61. The van der Waals surface area contributed by atoms with E-state index in [4.69, 9.17) is 9.84 Å². The van der Waals surface area contributed by atoms with Crippen molar-refractivity contribution in [3.05, 3.63) is 58.9 Å². The fraction of sp³-hybridized carbons (Fsp3) is 0.250. The van der Waals surface area contributed by atoms with Gasteiger partial charge in [0.1, 0.15) is 17.3 Å². The van der Waals surface area contributed by atoms with Gasteiger partial charge in [-0.1, -0.05) is 6.07 Å². The Morgan fingerprint density at radius 2 is 1.84 bits per heavy atom. The lowest BCUT2D eigenvalue weighted by molar-refractivity contribution is 0.280. The zero-order valence-corrected chi connectivity index (χ0v) is 10.5. The van der Waals surface area contributed by atoms with Gasteiger partial charge in [0.05, 0.1) is 6.61 Å². The van der Waals surface area contributed by atoms with E-state index in [0.29, 0.717) is 11.3 Å². The maximum atomic E-state index is 13.3. The molecule has 2 nitrogen and oxygen atoms in total. The SMILES string of the molecule is OCc1cc(F)cc(Oc2ccc3c(c2)CCC3)c1. The summed E-state index contributed by atoms with van der Waals surface area (Å²) in [6, 6.07) is 10.3. The van der Waals surface area contributed by atoms with Gasteiger partial charge in [0, 0.05) is 6.07 Å². The Bertz CT molecular complexity index is 608. The molecule has 0 spiro atoms. The molecule has 98 valence electrons. The second-order valence-electron chi connectivity index (χ2n) is 4.84. The molecular weight excluding hydrogens is 243 g/mol. The van der Waals surface area contributed by atoms with Crippen LogP contribution in [0.15, 0.2) is 36.4 Å². The minimum atomic E-state index is -0.400. The lowest BCUT2D eigenvalue weighted by Crippen LogP contribution is -1.91. The number of aryl methyl sites for hydroxylation is 2. The number of halogens is 1. The van der Waals surface area contributed by atoms with E-state index in [2.05, 4.69) is 6.07 Å². The number of rotatable bonds is 3. The molecule has 0 fully saturated rings. The van der Waals surface area contributed by atoms with Crippen LogP contribution in [-0.2, 0) is 19.4 Å². The zero-order chi connectivity index (χ0) is 13.2. The Labute approximate surface area is 111 Å². The van der Waals surface area contributed by atoms with E-state index in [-0.39, 0.29) is 6.61 Å². The third-order valence-corrected chi connectivity index (χ3v) is 3.42. The number of benzene rings is 2. The van der Waals surface area contributed by atoms with Crippen LogP contribution >= 0.6 is 0 Å². The first-order valence-electron chi connectivity index (χ1n) is 6.44. The van der Waals surface area contributed by atoms with Gasteiger partial charge in [-0.3, -0.25) is 0 Å². The van der Waals surface area contributed by atoms with Crippen molar-refractivity contribution in [2.24, 2.45) is 0 Å². The second-order valence-corrected chi connectivity index (χ2v) is 4.84. The van der Waals surface area contributed by atoms with Gasteiger partial charge >= 0.3 is 0 Å². The molecular formula is C16H15FO2. The number of aliphatic hydroxyl groups excluding tert-OH is 1. The van der Waals surface area contributed by atoms with E-state index in [9.17, 15) is 4.39 Å². The molecule has 1 N–H and O–H groups in total. The Morgan fingerprint density at radius 1 is 1.00 bits per heavy atom. The average Bonchev–Trinajstić information content (AvgIpc) is 2.85. The van der Waals surface area contributed by atoms with Crippen LogP contribution in [0.3, 0.4) is 0 Å². The Balaban J connectivity index is 1.86. The van der Waals surface area contributed by atoms with Gasteiger partial charge in [-0.25, -0.2) is 4.39 Å². The van der Waals surface area contributed by atoms with E-state index >= 15 is 0 Å². The summed E-state index contributed by atoms with van der Waals surface area (Å²) in [5, 5.41) is 9.06. The molecule has 0 aromatic heterocycles. The zero-order valence-electron chi connectivity index (χ0n) is 10.5. The standard InChI is InChI=1S/C16H15FO2/c17-14-6-11(10-18)7-16(9-14)19-15-5-4-12-2-1-3-13(12)8-15/h4-9,18H,1-3,10H2. The number of hydrogen-bond acceptors (Lipinski definition) is 2. The van der Waals surface area contributed by atoms with E-state index in [1.807, 2.05) is 12.1 Å². The largest absolute Gasteiger partial charge is 0.457 e. The molecule has 0 radical (unpaired) electrons. The highest BCUT2D eigenvalue weighted by molar-refractivity contribution is 5.41.